The molecule has 1 aromatic rings. The lowest BCUT2D eigenvalue weighted by atomic mass is 9.88. The van der Waals surface area contributed by atoms with Crippen molar-refractivity contribution in [2.24, 2.45) is 0 Å². The van der Waals surface area contributed by atoms with Crippen molar-refractivity contribution in [1.82, 2.24) is 10.2 Å². The molecule has 1 saturated carbocycles. The number of amides is 1. The highest BCUT2D eigenvalue weighted by atomic mass is 32.1. The summed E-state index contributed by atoms with van der Waals surface area (Å²) in [7, 11) is 0. The van der Waals surface area contributed by atoms with Crippen LogP contribution >= 0.6 is 11.3 Å². The number of hydrogen-bond acceptors (Lipinski definition) is 4. The Kier molecular flexibility index (Phi) is 3.96. The van der Waals surface area contributed by atoms with Crippen molar-refractivity contribution in [3.63, 3.8) is 0 Å². The number of hydrogen-bond donors (Lipinski definition) is 1. The number of carbonyl (C=O) groups excluding carboxylic acids is 1. The molecule has 4 rings (SSSR count). The van der Waals surface area contributed by atoms with Crippen LogP contribution in [0.3, 0.4) is 0 Å². The van der Waals surface area contributed by atoms with Crippen LogP contribution in [-0.2, 0) is 4.74 Å². The Morgan fingerprint density at radius 3 is 3.05 bits per heavy atom. The van der Waals surface area contributed by atoms with Crippen molar-refractivity contribution in [2.45, 2.75) is 56.2 Å². The van der Waals surface area contributed by atoms with Crippen LogP contribution in [0.15, 0.2) is 16.8 Å². The van der Waals surface area contributed by atoms with Gasteiger partial charge in [-0.25, -0.2) is 0 Å². The molecule has 0 radical (unpaired) electrons. The van der Waals surface area contributed by atoms with E-state index in [1.165, 1.54) is 19.3 Å². The van der Waals surface area contributed by atoms with E-state index in [0.29, 0.717) is 0 Å². The topological polar surface area (TPSA) is 41.6 Å². The first-order chi connectivity index (χ1) is 10.7. The predicted molar refractivity (Wildman–Crippen MR) is 87.3 cm³/mol. The molecule has 2 saturated heterocycles. The Labute approximate surface area is 135 Å². The number of carbonyl (C=O) groups is 1. The normalized spacial score (nSPS) is 33.0. The SMILES string of the molecule is O=C(N[C@H]1CCO[C@@]2(CCN(C3CCC3)C2)C1)c1ccsc1. The van der Waals surface area contributed by atoms with Crippen molar-refractivity contribution in [1.29, 1.82) is 0 Å². The number of rotatable bonds is 3. The lowest BCUT2D eigenvalue weighted by Crippen LogP contribution is -2.51. The zero-order valence-electron chi connectivity index (χ0n) is 12.9. The summed E-state index contributed by atoms with van der Waals surface area (Å²) in [5.74, 6) is 0.0668. The molecule has 5 heteroatoms. The van der Waals surface area contributed by atoms with Gasteiger partial charge in [0.25, 0.3) is 5.91 Å². The van der Waals surface area contributed by atoms with Crippen LogP contribution in [0.25, 0.3) is 0 Å². The molecule has 2 atom stereocenters. The van der Waals surface area contributed by atoms with Gasteiger partial charge < -0.3 is 10.1 Å². The zero-order chi connectivity index (χ0) is 15.0. The predicted octanol–water partition coefficient (Wildman–Crippen LogP) is 2.65. The third-order valence-corrected chi connectivity index (χ3v) is 6.23. The third-order valence-electron chi connectivity index (χ3n) is 5.55. The number of likely N-dealkylation sites (tertiary alicyclic amines) is 1. The van der Waals surface area contributed by atoms with E-state index in [9.17, 15) is 4.79 Å². The lowest BCUT2D eigenvalue weighted by molar-refractivity contribution is -0.0821. The Hall–Kier alpha value is -0.910. The second-order valence-corrected chi connectivity index (χ2v) is 7.79. The molecule has 4 nitrogen and oxygen atoms in total. The summed E-state index contributed by atoms with van der Waals surface area (Å²) < 4.78 is 6.19. The van der Waals surface area contributed by atoms with Gasteiger partial charge in [0.2, 0.25) is 0 Å². The molecule has 2 aliphatic heterocycles. The summed E-state index contributed by atoms with van der Waals surface area (Å²) in [6.07, 6.45) is 7.11. The van der Waals surface area contributed by atoms with Crippen LogP contribution < -0.4 is 5.32 Å². The molecule has 120 valence electrons. The molecule has 0 bridgehead atoms. The minimum absolute atomic E-state index is 0.0135. The van der Waals surface area contributed by atoms with Gasteiger partial charge in [0.15, 0.2) is 0 Å². The first-order valence-corrected chi connectivity index (χ1v) is 9.39. The van der Waals surface area contributed by atoms with Crippen molar-refractivity contribution in [3.05, 3.63) is 22.4 Å². The van der Waals surface area contributed by atoms with E-state index in [2.05, 4.69) is 10.2 Å². The lowest BCUT2D eigenvalue weighted by Gasteiger charge is -2.40. The molecule has 3 aliphatic rings. The maximum Gasteiger partial charge on any atom is 0.252 e. The third kappa shape index (κ3) is 2.82. The van der Waals surface area contributed by atoms with E-state index in [1.807, 2.05) is 16.8 Å². The molecule has 22 heavy (non-hydrogen) atoms. The van der Waals surface area contributed by atoms with Crippen molar-refractivity contribution < 1.29 is 9.53 Å². The summed E-state index contributed by atoms with van der Waals surface area (Å²) in [6.45, 7) is 2.99. The van der Waals surface area contributed by atoms with Crippen molar-refractivity contribution in [3.8, 4) is 0 Å². The highest BCUT2D eigenvalue weighted by molar-refractivity contribution is 7.08. The number of ether oxygens (including phenoxy) is 1. The average molecular weight is 320 g/mol. The molecule has 0 unspecified atom stereocenters. The van der Waals surface area contributed by atoms with Crippen LogP contribution in [0.2, 0.25) is 0 Å². The standard InChI is InChI=1S/C17H24N2O2S/c20-16(13-5-9-22-11-13)18-14-4-8-21-17(10-14)6-7-19(12-17)15-2-1-3-15/h5,9,11,14-15H,1-4,6-8,10,12H2,(H,18,20)/t14-,17-/m0/s1. The van der Waals surface area contributed by atoms with E-state index in [1.54, 1.807) is 11.3 Å². The zero-order valence-corrected chi connectivity index (χ0v) is 13.7. The molecule has 1 aliphatic carbocycles. The first kappa shape index (κ1) is 14.7. The Morgan fingerprint density at radius 2 is 2.32 bits per heavy atom. The first-order valence-electron chi connectivity index (χ1n) is 8.45. The van der Waals surface area contributed by atoms with Gasteiger partial charge >= 0.3 is 0 Å². The smallest absolute Gasteiger partial charge is 0.252 e. The van der Waals surface area contributed by atoms with Crippen molar-refractivity contribution in [2.75, 3.05) is 19.7 Å². The molecule has 1 aromatic heterocycles. The number of thiophene rings is 1. The largest absolute Gasteiger partial charge is 0.373 e. The minimum Gasteiger partial charge on any atom is -0.373 e. The molecule has 1 amide bonds. The molecule has 1 N–H and O–H groups in total. The summed E-state index contributed by atoms with van der Waals surface area (Å²) in [6, 6.07) is 2.94. The molecule has 1 spiro atoms. The number of nitrogens with zero attached hydrogens (tertiary/aromatic N) is 1. The summed E-state index contributed by atoms with van der Waals surface area (Å²) >= 11 is 1.57. The Balaban J connectivity index is 1.36. The van der Waals surface area contributed by atoms with Gasteiger partial charge in [-0.3, -0.25) is 9.69 Å². The maximum atomic E-state index is 12.2. The highest BCUT2D eigenvalue weighted by Crippen LogP contribution is 2.38. The second-order valence-electron chi connectivity index (χ2n) is 7.01. The summed E-state index contributed by atoms with van der Waals surface area (Å²) in [4.78, 5) is 14.9. The number of nitrogens with one attached hydrogen (secondary N) is 1. The van der Waals surface area contributed by atoms with Crippen LogP contribution in [0.4, 0.5) is 0 Å². The average Bonchev–Trinajstić information content (AvgIpc) is 3.08. The van der Waals surface area contributed by atoms with E-state index < -0.39 is 0 Å². The fourth-order valence-corrected chi connectivity index (χ4v) is 4.67. The molecular formula is C17H24N2O2S. The van der Waals surface area contributed by atoms with Gasteiger partial charge in [-0.1, -0.05) is 6.42 Å². The van der Waals surface area contributed by atoms with Gasteiger partial charge in [0, 0.05) is 42.7 Å². The summed E-state index contributed by atoms with van der Waals surface area (Å²) in [5.41, 5.74) is 0.772. The van der Waals surface area contributed by atoms with Gasteiger partial charge in [-0.2, -0.15) is 11.3 Å². The molecule has 0 aromatic carbocycles. The molecule has 3 heterocycles. The molecule has 3 fully saturated rings. The van der Waals surface area contributed by atoms with Gasteiger partial charge in [-0.05, 0) is 43.6 Å². The minimum atomic E-state index is -0.0135. The van der Waals surface area contributed by atoms with Crippen LogP contribution in [0.1, 0.15) is 48.9 Å². The van der Waals surface area contributed by atoms with E-state index in [4.69, 9.17) is 4.74 Å². The van der Waals surface area contributed by atoms with E-state index >= 15 is 0 Å². The second kappa shape index (κ2) is 5.95. The van der Waals surface area contributed by atoms with Gasteiger partial charge in [-0.15, -0.1) is 0 Å². The van der Waals surface area contributed by atoms with Crippen LogP contribution in [0.5, 0.6) is 0 Å². The van der Waals surface area contributed by atoms with Gasteiger partial charge in [0.1, 0.15) is 0 Å². The highest BCUT2D eigenvalue weighted by Gasteiger charge is 2.45. The maximum absolute atomic E-state index is 12.2. The monoisotopic (exact) mass is 320 g/mol. The van der Waals surface area contributed by atoms with Crippen LogP contribution in [0, 0.1) is 0 Å². The fraction of sp³-hybridized carbons (Fsp3) is 0.706. The Morgan fingerprint density at radius 1 is 1.41 bits per heavy atom. The quantitative estimate of drug-likeness (QED) is 0.931. The van der Waals surface area contributed by atoms with Crippen molar-refractivity contribution >= 4 is 17.2 Å². The fourth-order valence-electron chi connectivity index (χ4n) is 4.04. The summed E-state index contributed by atoms with van der Waals surface area (Å²) in [5, 5.41) is 7.08. The van der Waals surface area contributed by atoms with E-state index in [-0.39, 0.29) is 17.6 Å². The Bertz CT molecular complexity index is 529. The van der Waals surface area contributed by atoms with E-state index in [0.717, 1.165) is 50.6 Å². The van der Waals surface area contributed by atoms with Gasteiger partial charge in [0.05, 0.1) is 5.60 Å². The molecular weight excluding hydrogens is 296 g/mol. The van der Waals surface area contributed by atoms with Crippen LogP contribution in [-0.4, -0.2) is 48.2 Å².